The topological polar surface area (TPSA) is 51.8 Å². The molecule has 1 heterocycles. The highest BCUT2D eigenvalue weighted by Gasteiger charge is 2.29. The van der Waals surface area contributed by atoms with E-state index in [0.717, 1.165) is 22.2 Å². The molecular weight excluding hydrogens is 381 g/mol. The van der Waals surface area contributed by atoms with Gasteiger partial charge in [0.25, 0.3) is 0 Å². The second-order valence-electron chi connectivity index (χ2n) is 7.40. The van der Waals surface area contributed by atoms with Gasteiger partial charge in [-0.25, -0.2) is 4.98 Å². The molecule has 0 saturated carbocycles. The third-order valence-corrected chi connectivity index (χ3v) is 4.60. The number of aromatic nitrogens is 2. The van der Waals surface area contributed by atoms with Crippen LogP contribution in [0.15, 0.2) is 40.6 Å². The van der Waals surface area contributed by atoms with Crippen LogP contribution in [0.3, 0.4) is 0 Å². The van der Waals surface area contributed by atoms with Crippen LogP contribution < -0.4 is 4.74 Å². The molecule has 5 nitrogen and oxygen atoms in total. The highest BCUT2D eigenvalue weighted by molar-refractivity contribution is 5.78. The lowest BCUT2D eigenvalue weighted by Gasteiger charge is -2.17. The number of benzene rings is 2. The van der Waals surface area contributed by atoms with Gasteiger partial charge in [-0.15, -0.1) is 10.2 Å². The van der Waals surface area contributed by atoms with Crippen LogP contribution in [-0.2, 0) is 7.05 Å². The number of fused-ring (bicyclic) bond motifs is 1. The molecule has 0 atom stereocenters. The van der Waals surface area contributed by atoms with Gasteiger partial charge < -0.3 is 9.30 Å². The lowest BCUT2D eigenvalue weighted by Crippen LogP contribution is -2.19. The van der Waals surface area contributed by atoms with E-state index in [0.29, 0.717) is 17.2 Å². The summed E-state index contributed by atoms with van der Waals surface area (Å²) in [5, 5.41) is 8.47. The molecule has 0 radical (unpaired) electrons. The van der Waals surface area contributed by atoms with Gasteiger partial charge in [-0.05, 0) is 54.7 Å². The summed E-state index contributed by atoms with van der Waals surface area (Å²) < 4.78 is 44.7. The highest BCUT2D eigenvalue weighted by atomic mass is 19.4. The molecule has 0 spiro atoms. The minimum Gasteiger partial charge on any atom is -0.484 e. The molecule has 29 heavy (non-hydrogen) atoms. The Kier molecular flexibility index (Phi) is 5.64. The molecule has 0 aliphatic heterocycles. The number of aryl methyl sites for hydroxylation is 3. The summed E-state index contributed by atoms with van der Waals surface area (Å²) in [6.07, 6.45) is -4.41. The Morgan fingerprint density at radius 1 is 1.10 bits per heavy atom. The zero-order valence-electron chi connectivity index (χ0n) is 17.0. The highest BCUT2D eigenvalue weighted by Crippen LogP contribution is 2.35. The molecule has 154 valence electrons. The number of nitrogens with zero attached hydrogens (tertiary/aromatic N) is 4. The van der Waals surface area contributed by atoms with Crippen molar-refractivity contribution < 1.29 is 17.9 Å². The van der Waals surface area contributed by atoms with Gasteiger partial charge in [0.1, 0.15) is 5.75 Å². The predicted octanol–water partition coefficient (Wildman–Crippen LogP) is 6.67. The van der Waals surface area contributed by atoms with Crippen molar-refractivity contribution in [2.45, 2.75) is 39.8 Å². The quantitative estimate of drug-likeness (QED) is 0.446. The van der Waals surface area contributed by atoms with E-state index in [9.17, 15) is 13.2 Å². The van der Waals surface area contributed by atoms with E-state index in [1.165, 1.54) is 6.07 Å². The number of alkyl halides is 3. The number of rotatable bonds is 5. The molecule has 2 aromatic carbocycles. The molecule has 0 saturated heterocycles. The largest absolute Gasteiger partial charge is 0.484 e. The maximum atomic E-state index is 12.6. The Hall–Kier alpha value is -2.90. The number of hydrogen-bond acceptors (Lipinski definition) is 4. The first kappa shape index (κ1) is 20.8. The molecule has 0 N–H and O–H groups in total. The van der Waals surface area contributed by atoms with Crippen molar-refractivity contribution >= 4 is 22.7 Å². The van der Waals surface area contributed by atoms with Gasteiger partial charge in [-0.3, -0.25) is 0 Å². The standard InChI is InChI=1S/C21H23F3N4O/c1-12(2)15-9-14(4)17(10-19(15)29-11-21(22,23)24)26-27-20-25-16-7-6-13(3)8-18(16)28(20)5/h6-10,12H,11H2,1-5H3. The summed E-state index contributed by atoms with van der Waals surface area (Å²) in [4.78, 5) is 4.46. The second kappa shape index (κ2) is 7.85. The van der Waals surface area contributed by atoms with Gasteiger partial charge in [0, 0.05) is 13.1 Å². The molecule has 0 aliphatic carbocycles. The van der Waals surface area contributed by atoms with Gasteiger partial charge >= 0.3 is 6.18 Å². The normalized spacial score (nSPS) is 12.4. The smallest absolute Gasteiger partial charge is 0.422 e. The number of hydrogen-bond donors (Lipinski definition) is 0. The van der Waals surface area contributed by atoms with Gasteiger partial charge in [-0.1, -0.05) is 19.9 Å². The molecule has 8 heteroatoms. The van der Waals surface area contributed by atoms with Crippen LogP contribution >= 0.6 is 0 Å². The summed E-state index contributed by atoms with van der Waals surface area (Å²) in [5.74, 6) is 0.583. The van der Waals surface area contributed by atoms with Crippen LogP contribution in [0.1, 0.15) is 36.5 Å². The first-order chi connectivity index (χ1) is 13.5. The molecular formula is C21H23F3N4O. The van der Waals surface area contributed by atoms with E-state index in [4.69, 9.17) is 4.74 Å². The summed E-state index contributed by atoms with van der Waals surface area (Å²) in [6.45, 7) is 6.29. The average Bonchev–Trinajstić information content (AvgIpc) is 2.94. The van der Waals surface area contributed by atoms with E-state index >= 15 is 0 Å². The fourth-order valence-electron chi connectivity index (χ4n) is 3.02. The number of azo groups is 1. The number of imidazole rings is 1. The van der Waals surface area contributed by atoms with Crippen molar-refractivity contribution in [2.24, 2.45) is 17.3 Å². The summed E-state index contributed by atoms with van der Waals surface area (Å²) >= 11 is 0. The molecule has 0 fully saturated rings. The zero-order valence-corrected chi connectivity index (χ0v) is 17.0. The third-order valence-electron chi connectivity index (χ3n) is 4.60. The van der Waals surface area contributed by atoms with Crippen LogP contribution in [0.2, 0.25) is 0 Å². The zero-order chi connectivity index (χ0) is 21.3. The SMILES string of the molecule is Cc1ccc2nc(N=Nc3cc(OCC(F)(F)F)c(C(C)C)cc3C)n(C)c2c1. The fourth-order valence-corrected chi connectivity index (χ4v) is 3.02. The van der Waals surface area contributed by atoms with E-state index in [1.54, 1.807) is 6.07 Å². The van der Waals surface area contributed by atoms with Gasteiger partial charge in [0.15, 0.2) is 6.61 Å². The fraction of sp³-hybridized carbons (Fsp3) is 0.381. The Bertz CT molecular complexity index is 1070. The number of halogens is 3. The van der Waals surface area contributed by atoms with Crippen molar-refractivity contribution in [1.82, 2.24) is 9.55 Å². The van der Waals surface area contributed by atoms with Crippen LogP contribution in [0.25, 0.3) is 11.0 Å². The van der Waals surface area contributed by atoms with Crippen molar-refractivity contribution in [3.05, 3.63) is 47.0 Å². The van der Waals surface area contributed by atoms with Crippen LogP contribution in [0.5, 0.6) is 5.75 Å². The lowest BCUT2D eigenvalue weighted by molar-refractivity contribution is -0.153. The minimum absolute atomic E-state index is 0.00556. The van der Waals surface area contributed by atoms with Crippen molar-refractivity contribution in [3.8, 4) is 5.75 Å². The van der Waals surface area contributed by atoms with Gasteiger partial charge in [0.2, 0.25) is 5.95 Å². The van der Waals surface area contributed by atoms with Crippen LogP contribution in [0, 0.1) is 13.8 Å². The van der Waals surface area contributed by atoms with E-state index in [-0.39, 0.29) is 11.7 Å². The molecule has 0 aliphatic rings. The number of ether oxygens (including phenoxy) is 1. The van der Waals surface area contributed by atoms with Crippen LogP contribution in [0.4, 0.5) is 24.8 Å². The van der Waals surface area contributed by atoms with Crippen molar-refractivity contribution in [2.75, 3.05) is 6.61 Å². The van der Waals surface area contributed by atoms with Crippen LogP contribution in [-0.4, -0.2) is 22.3 Å². The van der Waals surface area contributed by atoms with E-state index in [1.807, 2.05) is 57.5 Å². The molecule has 0 bridgehead atoms. The van der Waals surface area contributed by atoms with E-state index < -0.39 is 12.8 Å². The average molecular weight is 404 g/mol. The Morgan fingerprint density at radius 2 is 1.83 bits per heavy atom. The summed E-state index contributed by atoms with van der Waals surface area (Å²) in [7, 11) is 1.84. The second-order valence-corrected chi connectivity index (χ2v) is 7.40. The van der Waals surface area contributed by atoms with Gasteiger partial charge in [0.05, 0.1) is 16.7 Å². The van der Waals surface area contributed by atoms with E-state index in [2.05, 4.69) is 15.2 Å². The van der Waals surface area contributed by atoms with Crippen molar-refractivity contribution in [3.63, 3.8) is 0 Å². The molecule has 1 aromatic heterocycles. The first-order valence-corrected chi connectivity index (χ1v) is 9.24. The minimum atomic E-state index is -4.41. The summed E-state index contributed by atoms with van der Waals surface area (Å²) in [6, 6.07) is 9.19. The first-order valence-electron chi connectivity index (χ1n) is 9.24. The maximum Gasteiger partial charge on any atom is 0.422 e. The molecule has 0 amide bonds. The van der Waals surface area contributed by atoms with Crippen molar-refractivity contribution in [1.29, 1.82) is 0 Å². The third kappa shape index (κ3) is 4.75. The Labute approximate surface area is 167 Å². The monoisotopic (exact) mass is 404 g/mol. The predicted molar refractivity (Wildman–Crippen MR) is 106 cm³/mol. The maximum absolute atomic E-state index is 12.6. The summed E-state index contributed by atoms with van der Waals surface area (Å²) in [5.41, 5.74) is 4.77. The molecule has 3 aromatic rings. The Balaban J connectivity index is 1.97. The Morgan fingerprint density at radius 3 is 2.48 bits per heavy atom. The lowest BCUT2D eigenvalue weighted by atomic mass is 9.99. The van der Waals surface area contributed by atoms with Gasteiger partial charge in [-0.2, -0.15) is 13.2 Å². The molecule has 0 unspecified atom stereocenters. The molecule has 3 rings (SSSR count).